The number of nitro groups is 1. The molecule has 0 saturated heterocycles. The third kappa shape index (κ3) is 2.85. The molecule has 0 amide bonds. The normalized spacial score (nSPS) is 17.3. The van der Waals surface area contributed by atoms with Crippen LogP contribution in [-0.2, 0) is 0 Å². The van der Waals surface area contributed by atoms with Crippen LogP contribution in [-0.4, -0.2) is 17.1 Å². The Morgan fingerprint density at radius 3 is 2.84 bits per heavy atom. The monoisotopic (exact) mass is 325 g/mol. The van der Waals surface area contributed by atoms with E-state index in [0.29, 0.717) is 5.75 Å². The van der Waals surface area contributed by atoms with Crippen molar-refractivity contribution >= 4 is 21.6 Å². The average Bonchev–Trinajstić information content (AvgIpc) is 3.21. The Hall–Kier alpha value is -1.65. The van der Waals surface area contributed by atoms with Crippen molar-refractivity contribution < 1.29 is 9.66 Å². The first-order valence-electron chi connectivity index (χ1n) is 5.74. The molecule has 19 heavy (non-hydrogen) atoms. The van der Waals surface area contributed by atoms with Crippen molar-refractivity contribution in [3.63, 3.8) is 0 Å². The fourth-order valence-corrected chi connectivity index (χ4v) is 2.31. The lowest BCUT2D eigenvalue weighted by molar-refractivity contribution is -0.385. The summed E-state index contributed by atoms with van der Waals surface area (Å²) in [7, 11) is 0. The number of hydrogen-bond donors (Lipinski definition) is 1. The minimum Gasteiger partial charge on any atom is -0.489 e. The fourth-order valence-electron chi connectivity index (χ4n) is 1.79. The van der Waals surface area contributed by atoms with Gasteiger partial charge in [0, 0.05) is 6.07 Å². The second-order valence-corrected chi connectivity index (χ2v) is 5.35. The van der Waals surface area contributed by atoms with Gasteiger partial charge in [0.1, 0.15) is 22.4 Å². The minimum absolute atomic E-state index is 0.0218. The van der Waals surface area contributed by atoms with E-state index in [1.165, 1.54) is 12.1 Å². The average molecular weight is 326 g/mol. The van der Waals surface area contributed by atoms with Crippen molar-refractivity contribution in [1.82, 2.24) is 0 Å². The van der Waals surface area contributed by atoms with Crippen LogP contribution >= 0.6 is 15.9 Å². The number of nitriles is 1. The summed E-state index contributed by atoms with van der Waals surface area (Å²) in [6.07, 6.45) is 1.84. The smallest absolute Gasteiger partial charge is 0.287 e. The summed E-state index contributed by atoms with van der Waals surface area (Å²) in [6, 6.07) is 6.57. The van der Waals surface area contributed by atoms with Crippen LogP contribution in [0.1, 0.15) is 12.8 Å². The first kappa shape index (κ1) is 13.8. The number of nitro benzene ring substituents is 1. The van der Waals surface area contributed by atoms with Gasteiger partial charge in [-0.15, -0.1) is 0 Å². The van der Waals surface area contributed by atoms with Gasteiger partial charge < -0.3 is 10.5 Å². The number of hydrogen-bond acceptors (Lipinski definition) is 5. The van der Waals surface area contributed by atoms with Crippen LogP contribution in [0, 0.1) is 27.4 Å². The van der Waals surface area contributed by atoms with E-state index in [4.69, 9.17) is 15.7 Å². The standard InChI is InChI=1S/C12H12BrN3O3/c13-11-9(16(17)18)2-1-3-10(11)19-7-12(15,6-14)8-4-5-8/h1-3,8H,4-5,7,15H2. The summed E-state index contributed by atoms with van der Waals surface area (Å²) in [4.78, 5) is 10.3. The maximum absolute atomic E-state index is 10.8. The fraction of sp³-hybridized carbons (Fsp3) is 0.417. The van der Waals surface area contributed by atoms with Gasteiger partial charge in [-0.05, 0) is 40.8 Å². The van der Waals surface area contributed by atoms with Crippen molar-refractivity contribution in [2.75, 3.05) is 6.61 Å². The minimum atomic E-state index is -1.02. The van der Waals surface area contributed by atoms with Gasteiger partial charge in [0.15, 0.2) is 0 Å². The molecule has 0 heterocycles. The van der Waals surface area contributed by atoms with Crippen molar-refractivity contribution in [1.29, 1.82) is 5.26 Å². The summed E-state index contributed by atoms with van der Waals surface area (Å²) in [6.45, 7) is 0.0218. The predicted octanol–water partition coefficient (Wildman–Crippen LogP) is 2.37. The molecule has 0 bridgehead atoms. The summed E-state index contributed by atoms with van der Waals surface area (Å²) in [5.74, 6) is 0.467. The highest BCUT2D eigenvalue weighted by Gasteiger charge is 2.43. The highest BCUT2D eigenvalue weighted by Crippen LogP contribution is 2.39. The Labute approximate surface area is 118 Å². The Bertz CT molecular complexity index is 554. The second kappa shape index (κ2) is 5.15. The van der Waals surface area contributed by atoms with E-state index < -0.39 is 10.5 Å². The summed E-state index contributed by atoms with van der Waals surface area (Å²) >= 11 is 3.13. The highest BCUT2D eigenvalue weighted by molar-refractivity contribution is 9.10. The van der Waals surface area contributed by atoms with Gasteiger partial charge in [-0.2, -0.15) is 5.26 Å². The van der Waals surface area contributed by atoms with Crippen LogP contribution in [0.15, 0.2) is 22.7 Å². The molecule has 1 fully saturated rings. The number of rotatable bonds is 5. The zero-order valence-corrected chi connectivity index (χ0v) is 11.6. The Morgan fingerprint density at radius 1 is 1.63 bits per heavy atom. The Balaban J connectivity index is 2.14. The molecule has 2 rings (SSSR count). The summed E-state index contributed by atoms with van der Waals surface area (Å²) in [5, 5.41) is 19.9. The van der Waals surface area contributed by atoms with Crippen molar-refractivity contribution in [3.8, 4) is 11.8 Å². The van der Waals surface area contributed by atoms with E-state index >= 15 is 0 Å². The third-order valence-electron chi connectivity index (χ3n) is 3.12. The largest absolute Gasteiger partial charge is 0.489 e. The lowest BCUT2D eigenvalue weighted by atomic mass is 9.98. The molecule has 0 aliphatic heterocycles. The molecule has 2 N–H and O–H groups in total. The third-order valence-corrected chi connectivity index (χ3v) is 3.92. The molecule has 0 aromatic heterocycles. The molecular formula is C12H12BrN3O3. The van der Waals surface area contributed by atoms with E-state index in [1.807, 2.05) is 0 Å². The quantitative estimate of drug-likeness (QED) is 0.661. The van der Waals surface area contributed by atoms with Gasteiger partial charge in [-0.3, -0.25) is 10.1 Å². The van der Waals surface area contributed by atoms with Crippen LogP contribution in [0.5, 0.6) is 5.75 Å². The molecule has 100 valence electrons. The lowest BCUT2D eigenvalue weighted by Crippen LogP contribution is -2.46. The van der Waals surface area contributed by atoms with Gasteiger partial charge in [-0.25, -0.2) is 0 Å². The molecule has 1 aliphatic rings. The van der Waals surface area contributed by atoms with Crippen LogP contribution in [0.3, 0.4) is 0 Å². The zero-order valence-electron chi connectivity index (χ0n) is 10.0. The van der Waals surface area contributed by atoms with Gasteiger partial charge in [-0.1, -0.05) is 6.07 Å². The number of benzene rings is 1. The highest BCUT2D eigenvalue weighted by atomic mass is 79.9. The van der Waals surface area contributed by atoms with E-state index in [1.54, 1.807) is 6.07 Å². The molecule has 1 aromatic carbocycles. The number of nitrogens with two attached hydrogens (primary N) is 1. The first-order chi connectivity index (χ1) is 8.98. The Kier molecular flexibility index (Phi) is 3.73. The van der Waals surface area contributed by atoms with Gasteiger partial charge in [0.2, 0.25) is 0 Å². The molecule has 1 unspecified atom stereocenters. The second-order valence-electron chi connectivity index (χ2n) is 4.56. The van der Waals surface area contributed by atoms with Crippen molar-refractivity contribution in [3.05, 3.63) is 32.8 Å². The maximum atomic E-state index is 10.8. The first-order valence-corrected chi connectivity index (χ1v) is 6.53. The molecule has 1 aromatic rings. The van der Waals surface area contributed by atoms with Gasteiger partial charge in [0.05, 0.1) is 11.0 Å². The number of ether oxygens (including phenoxy) is 1. The van der Waals surface area contributed by atoms with Gasteiger partial charge >= 0.3 is 0 Å². The molecule has 0 radical (unpaired) electrons. The van der Waals surface area contributed by atoms with Crippen molar-refractivity contribution in [2.45, 2.75) is 18.4 Å². The van der Waals surface area contributed by atoms with Crippen LogP contribution in [0.25, 0.3) is 0 Å². The zero-order chi connectivity index (χ0) is 14.0. The molecule has 7 heteroatoms. The molecule has 0 spiro atoms. The van der Waals surface area contributed by atoms with E-state index in [-0.39, 0.29) is 22.7 Å². The van der Waals surface area contributed by atoms with E-state index in [9.17, 15) is 10.1 Å². The maximum Gasteiger partial charge on any atom is 0.287 e. The molecular weight excluding hydrogens is 314 g/mol. The van der Waals surface area contributed by atoms with Crippen LogP contribution in [0.2, 0.25) is 0 Å². The lowest BCUT2D eigenvalue weighted by Gasteiger charge is -2.21. The molecule has 1 saturated carbocycles. The van der Waals surface area contributed by atoms with Crippen LogP contribution < -0.4 is 10.5 Å². The predicted molar refractivity (Wildman–Crippen MR) is 71.5 cm³/mol. The number of halogens is 1. The van der Waals surface area contributed by atoms with Crippen LogP contribution in [0.4, 0.5) is 5.69 Å². The molecule has 1 atom stereocenters. The van der Waals surface area contributed by atoms with Crippen molar-refractivity contribution in [2.24, 2.45) is 11.7 Å². The van der Waals surface area contributed by atoms with E-state index in [2.05, 4.69) is 22.0 Å². The van der Waals surface area contributed by atoms with E-state index in [0.717, 1.165) is 12.8 Å². The Morgan fingerprint density at radius 2 is 2.32 bits per heavy atom. The summed E-state index contributed by atoms with van der Waals surface area (Å²) in [5.41, 5.74) is 4.86. The summed E-state index contributed by atoms with van der Waals surface area (Å²) < 4.78 is 5.75. The number of nitrogens with zero attached hydrogens (tertiary/aromatic N) is 2. The topological polar surface area (TPSA) is 102 Å². The van der Waals surface area contributed by atoms with Gasteiger partial charge in [0.25, 0.3) is 5.69 Å². The molecule has 1 aliphatic carbocycles. The SMILES string of the molecule is N#CC(N)(COc1cccc([N+](=O)[O-])c1Br)C1CC1. The molecule has 6 nitrogen and oxygen atoms in total.